The Morgan fingerprint density at radius 2 is 1.54 bits per heavy atom. The third kappa shape index (κ3) is 6.45. The second kappa shape index (κ2) is 11.3. The van der Waals surface area contributed by atoms with Gasteiger partial charge in [-0.05, 0) is 62.8 Å². The molecule has 4 rings (SSSR count). The van der Waals surface area contributed by atoms with Crippen LogP contribution in [0.3, 0.4) is 0 Å². The van der Waals surface area contributed by atoms with Crippen LogP contribution in [0.5, 0.6) is 0 Å². The van der Waals surface area contributed by atoms with Crippen molar-refractivity contribution in [2.75, 3.05) is 6.54 Å². The van der Waals surface area contributed by atoms with Crippen LogP contribution in [0.25, 0.3) is 11.1 Å². The molecule has 2 N–H and O–H groups in total. The number of fused-ring (bicyclic) bond motifs is 1. The van der Waals surface area contributed by atoms with E-state index in [1.807, 2.05) is 30.3 Å². The lowest BCUT2D eigenvalue weighted by molar-refractivity contribution is -0.165. The summed E-state index contributed by atoms with van der Waals surface area (Å²) in [5.41, 5.74) is 3.62. The van der Waals surface area contributed by atoms with Crippen LogP contribution in [0.15, 0.2) is 78.9 Å². The lowest BCUT2D eigenvalue weighted by atomic mass is 9.92. The highest BCUT2D eigenvalue weighted by Gasteiger charge is 2.37. The molecule has 37 heavy (non-hydrogen) atoms. The Morgan fingerprint density at radius 1 is 0.919 bits per heavy atom. The van der Waals surface area contributed by atoms with Crippen molar-refractivity contribution in [1.29, 1.82) is 0 Å². The molecule has 1 heterocycles. The highest BCUT2D eigenvalue weighted by Crippen LogP contribution is 2.32. The van der Waals surface area contributed by atoms with Crippen LogP contribution in [0.4, 0.5) is 0 Å². The number of aryl methyl sites for hydroxylation is 1. The molecule has 3 atom stereocenters. The van der Waals surface area contributed by atoms with Gasteiger partial charge < -0.3 is 19.8 Å². The molecule has 0 aromatic heterocycles. The average molecular weight is 502 g/mol. The number of benzene rings is 3. The van der Waals surface area contributed by atoms with Crippen molar-refractivity contribution in [3.63, 3.8) is 0 Å². The summed E-state index contributed by atoms with van der Waals surface area (Å²) >= 11 is 0. The number of hydrogen-bond acceptors (Lipinski definition) is 5. The topological polar surface area (TPSA) is 87.1 Å². The van der Waals surface area contributed by atoms with E-state index in [-0.39, 0.29) is 18.9 Å². The summed E-state index contributed by atoms with van der Waals surface area (Å²) in [5, 5.41) is 21.8. The number of ether oxygens (including phenoxy) is 1. The van der Waals surface area contributed by atoms with Gasteiger partial charge in [0, 0.05) is 17.7 Å². The van der Waals surface area contributed by atoms with Gasteiger partial charge in [-0.25, -0.2) is 0 Å². The molecular weight excluding hydrogens is 466 g/mol. The molecule has 6 heteroatoms. The lowest BCUT2D eigenvalue weighted by Crippen LogP contribution is -2.38. The number of esters is 1. The van der Waals surface area contributed by atoms with Gasteiger partial charge in [-0.15, -0.1) is 0 Å². The van der Waals surface area contributed by atoms with Gasteiger partial charge in [-0.3, -0.25) is 9.59 Å². The molecule has 3 aromatic rings. The standard InChI is InChI=1S/C31H35NO5/c1-31(2,3)37-30(36)26(19-20-32-28(34)24-11-7-8-12-25(24)29(32)35)27(33)18-15-21-13-16-23(17-14-21)22-9-5-4-6-10-22/h4-14,16-17,26-28,33-34H,15,18-20H2,1-3H3. The molecule has 1 amide bonds. The second-order valence-corrected chi connectivity index (χ2v) is 10.6. The predicted molar refractivity (Wildman–Crippen MR) is 143 cm³/mol. The zero-order chi connectivity index (χ0) is 26.6. The molecule has 3 aromatic carbocycles. The first kappa shape index (κ1) is 26.6. The monoisotopic (exact) mass is 501 g/mol. The van der Waals surface area contributed by atoms with Crippen LogP contribution in [0.2, 0.25) is 0 Å². The maximum Gasteiger partial charge on any atom is 0.312 e. The number of amides is 1. The van der Waals surface area contributed by atoms with Crippen LogP contribution in [0.1, 0.15) is 61.3 Å². The number of aliphatic hydroxyl groups is 2. The predicted octanol–water partition coefficient (Wildman–Crippen LogP) is 5.14. The summed E-state index contributed by atoms with van der Waals surface area (Å²) in [4.78, 5) is 27.2. The highest BCUT2D eigenvalue weighted by molar-refractivity contribution is 5.98. The molecule has 194 valence electrons. The molecule has 3 unspecified atom stereocenters. The van der Waals surface area contributed by atoms with Crippen molar-refractivity contribution in [3.8, 4) is 11.1 Å². The number of nitrogens with zero attached hydrogens (tertiary/aromatic N) is 1. The highest BCUT2D eigenvalue weighted by atomic mass is 16.6. The summed E-state index contributed by atoms with van der Waals surface area (Å²) in [6.45, 7) is 5.48. The minimum atomic E-state index is -1.07. The van der Waals surface area contributed by atoms with Gasteiger partial charge >= 0.3 is 5.97 Å². The van der Waals surface area contributed by atoms with E-state index in [0.717, 1.165) is 16.7 Å². The fourth-order valence-electron chi connectivity index (χ4n) is 4.71. The van der Waals surface area contributed by atoms with E-state index < -0.39 is 29.8 Å². The van der Waals surface area contributed by atoms with Gasteiger partial charge in [0.15, 0.2) is 6.23 Å². The fraction of sp³-hybridized carbons (Fsp3) is 0.355. The van der Waals surface area contributed by atoms with E-state index >= 15 is 0 Å². The maximum atomic E-state index is 13.1. The Balaban J connectivity index is 1.42. The largest absolute Gasteiger partial charge is 0.460 e. The Bertz CT molecular complexity index is 1220. The van der Waals surface area contributed by atoms with Crippen LogP contribution < -0.4 is 0 Å². The summed E-state index contributed by atoms with van der Waals surface area (Å²) in [6.07, 6.45) is -0.888. The first-order valence-electron chi connectivity index (χ1n) is 12.8. The van der Waals surface area contributed by atoms with Crippen molar-refractivity contribution in [1.82, 2.24) is 4.90 Å². The first-order chi connectivity index (χ1) is 17.6. The van der Waals surface area contributed by atoms with Crippen molar-refractivity contribution in [2.24, 2.45) is 5.92 Å². The Labute approximate surface area is 218 Å². The quantitative estimate of drug-likeness (QED) is 0.397. The fourth-order valence-corrected chi connectivity index (χ4v) is 4.71. The van der Waals surface area contributed by atoms with E-state index in [1.54, 1.807) is 45.0 Å². The molecule has 0 saturated heterocycles. The van der Waals surface area contributed by atoms with E-state index in [1.165, 1.54) is 4.90 Å². The van der Waals surface area contributed by atoms with E-state index in [9.17, 15) is 19.8 Å². The maximum absolute atomic E-state index is 13.1. The summed E-state index contributed by atoms with van der Waals surface area (Å²) in [5.74, 6) is -1.61. The smallest absolute Gasteiger partial charge is 0.312 e. The zero-order valence-corrected chi connectivity index (χ0v) is 21.6. The zero-order valence-electron chi connectivity index (χ0n) is 21.6. The number of hydrogen-bond donors (Lipinski definition) is 2. The third-order valence-electron chi connectivity index (χ3n) is 6.67. The molecule has 1 aliphatic rings. The van der Waals surface area contributed by atoms with Gasteiger partial charge in [0.1, 0.15) is 5.60 Å². The Morgan fingerprint density at radius 3 is 2.19 bits per heavy atom. The van der Waals surface area contributed by atoms with E-state index in [2.05, 4.69) is 24.3 Å². The molecule has 0 bridgehead atoms. The molecule has 0 saturated carbocycles. The molecule has 0 spiro atoms. The van der Waals surface area contributed by atoms with Gasteiger partial charge in [0.2, 0.25) is 0 Å². The first-order valence-corrected chi connectivity index (χ1v) is 12.8. The minimum absolute atomic E-state index is 0.126. The molecular formula is C31H35NO5. The second-order valence-electron chi connectivity index (χ2n) is 10.6. The van der Waals surface area contributed by atoms with Crippen molar-refractivity contribution in [2.45, 2.75) is 58.0 Å². The van der Waals surface area contributed by atoms with Crippen LogP contribution >= 0.6 is 0 Å². The van der Waals surface area contributed by atoms with E-state index in [4.69, 9.17) is 4.74 Å². The van der Waals surface area contributed by atoms with Gasteiger partial charge in [-0.1, -0.05) is 72.8 Å². The van der Waals surface area contributed by atoms with E-state index in [0.29, 0.717) is 24.0 Å². The van der Waals surface area contributed by atoms with Crippen molar-refractivity contribution < 1.29 is 24.5 Å². The summed E-state index contributed by atoms with van der Waals surface area (Å²) in [6, 6.07) is 25.2. The lowest BCUT2D eigenvalue weighted by Gasteiger charge is -2.29. The Kier molecular flexibility index (Phi) is 8.10. The van der Waals surface area contributed by atoms with Crippen molar-refractivity contribution >= 4 is 11.9 Å². The number of aliphatic hydroxyl groups excluding tert-OH is 2. The Hall–Kier alpha value is -3.48. The van der Waals surface area contributed by atoms with Crippen LogP contribution in [0, 0.1) is 5.92 Å². The molecule has 1 aliphatic heterocycles. The molecule has 0 aliphatic carbocycles. The number of carbonyl (C=O) groups excluding carboxylic acids is 2. The van der Waals surface area contributed by atoms with Gasteiger partial charge in [-0.2, -0.15) is 0 Å². The van der Waals surface area contributed by atoms with Crippen molar-refractivity contribution in [3.05, 3.63) is 95.6 Å². The van der Waals surface area contributed by atoms with Crippen LogP contribution in [-0.2, 0) is 16.0 Å². The molecule has 0 radical (unpaired) electrons. The van der Waals surface area contributed by atoms with Crippen LogP contribution in [-0.4, -0.2) is 45.2 Å². The minimum Gasteiger partial charge on any atom is -0.460 e. The molecule has 0 fully saturated rings. The number of carbonyl (C=O) groups is 2. The summed E-state index contributed by atoms with van der Waals surface area (Å²) < 4.78 is 5.60. The van der Waals surface area contributed by atoms with Gasteiger partial charge in [0.25, 0.3) is 5.91 Å². The third-order valence-corrected chi connectivity index (χ3v) is 6.67. The SMILES string of the molecule is CC(C)(C)OC(=O)C(CCN1C(=O)c2ccccc2C1O)C(O)CCc1ccc(-c2ccccc2)cc1. The van der Waals surface area contributed by atoms with Gasteiger partial charge in [0.05, 0.1) is 12.0 Å². The average Bonchev–Trinajstić information content (AvgIpc) is 3.12. The number of rotatable bonds is 9. The normalized spacial score (nSPS) is 16.8. The molecule has 6 nitrogen and oxygen atoms in total. The summed E-state index contributed by atoms with van der Waals surface area (Å²) in [7, 11) is 0.